The van der Waals surface area contributed by atoms with E-state index in [4.69, 9.17) is 4.42 Å². The number of urea groups is 1. The molecular formula is C18H24N4O3. The van der Waals surface area contributed by atoms with E-state index in [0.29, 0.717) is 29.2 Å². The van der Waals surface area contributed by atoms with E-state index in [2.05, 4.69) is 20.9 Å². The molecule has 25 heavy (non-hydrogen) atoms. The molecule has 7 nitrogen and oxygen atoms in total. The van der Waals surface area contributed by atoms with Crippen LogP contribution >= 0.6 is 0 Å². The average Bonchev–Trinajstić information content (AvgIpc) is 2.95. The van der Waals surface area contributed by atoms with Gasteiger partial charge < -0.3 is 20.4 Å². The Bertz CT molecular complexity index is 750. The second-order valence-electron chi connectivity index (χ2n) is 6.45. The van der Waals surface area contributed by atoms with Gasteiger partial charge in [-0.05, 0) is 31.0 Å². The molecule has 0 saturated heterocycles. The minimum absolute atomic E-state index is 0.155. The molecule has 0 atom stereocenters. The summed E-state index contributed by atoms with van der Waals surface area (Å²) in [6.07, 6.45) is 5.88. The van der Waals surface area contributed by atoms with Crippen LogP contribution in [0.15, 0.2) is 22.6 Å². The summed E-state index contributed by atoms with van der Waals surface area (Å²) in [5.41, 5.74) is 2.06. The molecule has 0 spiro atoms. The topological polar surface area (TPSA) is 96.3 Å². The molecule has 1 aromatic carbocycles. The molecule has 0 aliphatic heterocycles. The molecule has 0 bridgehead atoms. The molecule has 1 aliphatic carbocycles. The van der Waals surface area contributed by atoms with Crippen molar-refractivity contribution >= 4 is 28.7 Å². The Hall–Kier alpha value is -2.57. The van der Waals surface area contributed by atoms with Crippen LogP contribution in [-0.2, 0) is 4.79 Å². The number of aromatic nitrogens is 1. The lowest BCUT2D eigenvalue weighted by atomic mass is 9.96. The van der Waals surface area contributed by atoms with Crippen LogP contribution in [0.1, 0.15) is 44.4 Å². The van der Waals surface area contributed by atoms with Gasteiger partial charge in [-0.3, -0.25) is 4.79 Å². The zero-order chi connectivity index (χ0) is 17.6. The third-order valence-electron chi connectivity index (χ3n) is 4.36. The Balaban J connectivity index is 1.40. The van der Waals surface area contributed by atoms with Gasteiger partial charge in [-0.25, -0.2) is 9.78 Å². The predicted molar refractivity (Wildman–Crippen MR) is 95.4 cm³/mol. The lowest BCUT2D eigenvalue weighted by molar-refractivity contribution is -0.116. The SMILES string of the molecule is Cc1nc2cc(NC(=O)CCNC(=O)NC3CCCCC3)ccc2o1. The quantitative estimate of drug-likeness (QED) is 0.776. The molecule has 3 rings (SSSR count). The first-order valence-electron chi connectivity index (χ1n) is 8.81. The molecule has 2 aromatic rings. The Kier molecular flexibility index (Phi) is 5.53. The normalized spacial score (nSPS) is 15.1. The first-order valence-corrected chi connectivity index (χ1v) is 8.81. The largest absolute Gasteiger partial charge is 0.441 e. The lowest BCUT2D eigenvalue weighted by Crippen LogP contribution is -2.43. The van der Waals surface area contributed by atoms with Gasteiger partial charge >= 0.3 is 6.03 Å². The van der Waals surface area contributed by atoms with Crippen LogP contribution in [0, 0.1) is 6.92 Å². The van der Waals surface area contributed by atoms with Crippen molar-refractivity contribution < 1.29 is 14.0 Å². The highest BCUT2D eigenvalue weighted by Gasteiger charge is 2.15. The fourth-order valence-electron chi connectivity index (χ4n) is 3.12. The zero-order valence-electron chi connectivity index (χ0n) is 14.4. The van der Waals surface area contributed by atoms with Gasteiger partial charge in [0.15, 0.2) is 11.5 Å². The van der Waals surface area contributed by atoms with Gasteiger partial charge in [-0.2, -0.15) is 0 Å². The molecule has 3 amide bonds. The minimum Gasteiger partial charge on any atom is -0.441 e. The Morgan fingerprint density at radius 1 is 1.24 bits per heavy atom. The average molecular weight is 344 g/mol. The molecule has 1 heterocycles. The number of fused-ring (bicyclic) bond motifs is 1. The highest BCUT2D eigenvalue weighted by molar-refractivity contribution is 5.93. The van der Waals surface area contributed by atoms with Gasteiger partial charge in [0, 0.05) is 31.6 Å². The Morgan fingerprint density at radius 3 is 2.84 bits per heavy atom. The number of hydrogen-bond acceptors (Lipinski definition) is 4. The van der Waals surface area contributed by atoms with E-state index < -0.39 is 0 Å². The lowest BCUT2D eigenvalue weighted by Gasteiger charge is -2.22. The number of nitrogens with zero attached hydrogens (tertiary/aromatic N) is 1. The number of anilines is 1. The first kappa shape index (κ1) is 17.3. The van der Waals surface area contributed by atoms with Gasteiger partial charge in [0.05, 0.1) is 0 Å². The second-order valence-corrected chi connectivity index (χ2v) is 6.45. The summed E-state index contributed by atoms with van der Waals surface area (Å²) in [7, 11) is 0. The van der Waals surface area contributed by atoms with Crippen molar-refractivity contribution in [3.63, 3.8) is 0 Å². The maximum absolute atomic E-state index is 12.0. The summed E-state index contributed by atoms with van der Waals surface area (Å²) in [6.45, 7) is 2.08. The van der Waals surface area contributed by atoms with Crippen molar-refractivity contribution in [2.45, 2.75) is 51.5 Å². The second kappa shape index (κ2) is 8.00. The molecule has 1 aliphatic rings. The van der Waals surface area contributed by atoms with Crippen molar-refractivity contribution in [3.05, 3.63) is 24.1 Å². The van der Waals surface area contributed by atoms with Crippen LogP contribution in [0.25, 0.3) is 11.1 Å². The Morgan fingerprint density at radius 2 is 2.04 bits per heavy atom. The number of aryl methyl sites for hydroxylation is 1. The van der Waals surface area contributed by atoms with E-state index in [1.165, 1.54) is 19.3 Å². The number of carbonyl (C=O) groups is 2. The number of amides is 3. The smallest absolute Gasteiger partial charge is 0.315 e. The van der Waals surface area contributed by atoms with E-state index >= 15 is 0 Å². The third-order valence-corrected chi connectivity index (χ3v) is 4.36. The molecule has 0 unspecified atom stereocenters. The third kappa shape index (κ3) is 4.95. The van der Waals surface area contributed by atoms with Crippen LogP contribution in [0.4, 0.5) is 10.5 Å². The summed E-state index contributed by atoms with van der Waals surface area (Å²) >= 11 is 0. The number of nitrogens with one attached hydrogen (secondary N) is 3. The number of rotatable bonds is 5. The van der Waals surface area contributed by atoms with Gasteiger partial charge in [-0.15, -0.1) is 0 Å². The summed E-state index contributed by atoms with van der Waals surface area (Å²) in [6, 6.07) is 5.39. The fraction of sp³-hybridized carbons (Fsp3) is 0.500. The van der Waals surface area contributed by atoms with E-state index in [-0.39, 0.29) is 24.4 Å². The van der Waals surface area contributed by atoms with Crippen molar-refractivity contribution in [1.29, 1.82) is 0 Å². The van der Waals surface area contributed by atoms with Gasteiger partial charge in [-0.1, -0.05) is 19.3 Å². The molecule has 7 heteroatoms. The van der Waals surface area contributed by atoms with Crippen LogP contribution in [0.3, 0.4) is 0 Å². The standard InChI is InChI=1S/C18H24N4O3/c1-12-20-15-11-14(7-8-16(15)25-12)21-17(23)9-10-19-18(24)22-13-5-3-2-4-6-13/h7-8,11,13H,2-6,9-10H2,1H3,(H,21,23)(H2,19,22,24). The van der Waals surface area contributed by atoms with Crippen LogP contribution in [-0.4, -0.2) is 29.5 Å². The molecule has 3 N–H and O–H groups in total. The number of carbonyl (C=O) groups excluding carboxylic acids is 2. The molecular weight excluding hydrogens is 320 g/mol. The molecule has 1 saturated carbocycles. The van der Waals surface area contributed by atoms with Gasteiger partial charge in [0.2, 0.25) is 5.91 Å². The highest BCUT2D eigenvalue weighted by atomic mass is 16.3. The summed E-state index contributed by atoms with van der Waals surface area (Å²) in [4.78, 5) is 28.1. The Labute approximate surface area is 146 Å². The summed E-state index contributed by atoms with van der Waals surface area (Å²) in [5, 5.41) is 8.51. The van der Waals surface area contributed by atoms with E-state index in [0.717, 1.165) is 12.8 Å². The van der Waals surface area contributed by atoms with Crippen LogP contribution in [0.2, 0.25) is 0 Å². The molecule has 1 aromatic heterocycles. The highest BCUT2D eigenvalue weighted by Crippen LogP contribution is 2.20. The van der Waals surface area contributed by atoms with Gasteiger partial charge in [0.1, 0.15) is 5.52 Å². The number of oxazole rings is 1. The summed E-state index contributed by atoms with van der Waals surface area (Å²) in [5.74, 6) is 0.434. The first-order chi connectivity index (χ1) is 12.1. The maximum Gasteiger partial charge on any atom is 0.315 e. The predicted octanol–water partition coefficient (Wildman–Crippen LogP) is 3.10. The van der Waals surface area contributed by atoms with Crippen molar-refractivity contribution in [3.8, 4) is 0 Å². The van der Waals surface area contributed by atoms with E-state index in [1.54, 1.807) is 25.1 Å². The zero-order valence-corrected chi connectivity index (χ0v) is 14.4. The van der Waals surface area contributed by atoms with Crippen LogP contribution in [0.5, 0.6) is 0 Å². The summed E-state index contributed by atoms with van der Waals surface area (Å²) < 4.78 is 5.40. The van der Waals surface area contributed by atoms with Crippen molar-refractivity contribution in [2.24, 2.45) is 0 Å². The molecule has 0 radical (unpaired) electrons. The number of benzene rings is 1. The van der Waals surface area contributed by atoms with Crippen molar-refractivity contribution in [1.82, 2.24) is 15.6 Å². The van der Waals surface area contributed by atoms with E-state index in [9.17, 15) is 9.59 Å². The molecule has 1 fully saturated rings. The van der Waals surface area contributed by atoms with Gasteiger partial charge in [0.25, 0.3) is 0 Å². The molecule has 134 valence electrons. The van der Waals surface area contributed by atoms with Crippen molar-refractivity contribution in [2.75, 3.05) is 11.9 Å². The maximum atomic E-state index is 12.0. The van der Waals surface area contributed by atoms with Crippen LogP contribution < -0.4 is 16.0 Å². The fourth-order valence-corrected chi connectivity index (χ4v) is 3.12. The minimum atomic E-state index is -0.195. The monoisotopic (exact) mass is 344 g/mol. The van der Waals surface area contributed by atoms with E-state index in [1.807, 2.05) is 0 Å². The number of hydrogen-bond donors (Lipinski definition) is 3.